The Morgan fingerprint density at radius 1 is 0.667 bits per heavy atom. The highest BCUT2D eigenvalue weighted by Crippen LogP contribution is 2.21. The zero-order valence-electron chi connectivity index (χ0n) is 33.1. The Morgan fingerprint density at radius 2 is 1.15 bits per heavy atom. The molecule has 1 amide bonds. The zero-order chi connectivity index (χ0) is 41.1. The van der Waals surface area contributed by atoms with Gasteiger partial charge in [0.25, 0.3) is 0 Å². The van der Waals surface area contributed by atoms with E-state index < -0.39 is 54.0 Å². The second-order valence-electron chi connectivity index (χ2n) is 15.4. The molecular formula is C40H60N4O10. The van der Waals surface area contributed by atoms with Gasteiger partial charge in [0.2, 0.25) is 5.91 Å². The number of carbonyl (C=O) groups excluding carboxylic acids is 4. The lowest BCUT2D eigenvalue weighted by molar-refractivity contribution is -0.145. The van der Waals surface area contributed by atoms with Crippen molar-refractivity contribution < 1.29 is 48.5 Å². The van der Waals surface area contributed by atoms with E-state index in [4.69, 9.17) is 14.6 Å². The molecule has 0 spiro atoms. The number of carbonyl (C=O) groups is 6. The molecule has 2 aromatic rings. The molecule has 54 heavy (non-hydrogen) atoms. The molecule has 0 heterocycles. The lowest BCUT2D eigenvalue weighted by Gasteiger charge is -2.23. The number of ketones is 1. The van der Waals surface area contributed by atoms with Crippen LogP contribution in [0.5, 0.6) is 0 Å². The lowest BCUT2D eigenvalue weighted by Crippen LogP contribution is -2.52. The summed E-state index contributed by atoms with van der Waals surface area (Å²) in [5, 5.41) is 29.9. The van der Waals surface area contributed by atoms with Crippen molar-refractivity contribution in [2.24, 2.45) is 10.8 Å². The van der Waals surface area contributed by atoms with E-state index in [1.54, 1.807) is 31.2 Å². The van der Waals surface area contributed by atoms with E-state index in [0.717, 1.165) is 18.4 Å². The zero-order valence-corrected chi connectivity index (χ0v) is 33.1. The van der Waals surface area contributed by atoms with E-state index in [2.05, 4.69) is 62.8 Å². The van der Waals surface area contributed by atoms with Crippen LogP contribution in [0.2, 0.25) is 0 Å². The van der Waals surface area contributed by atoms with Gasteiger partial charge in [-0.2, -0.15) is 0 Å². The Morgan fingerprint density at radius 3 is 1.65 bits per heavy atom. The maximum absolute atomic E-state index is 13.0. The van der Waals surface area contributed by atoms with Crippen molar-refractivity contribution in [2.75, 3.05) is 32.6 Å². The molecule has 6 N–H and O–H groups in total. The van der Waals surface area contributed by atoms with Crippen molar-refractivity contribution in [1.82, 2.24) is 16.0 Å². The summed E-state index contributed by atoms with van der Waals surface area (Å²) in [5.41, 5.74) is 1.79. The molecule has 0 fully saturated rings. The first-order valence-corrected chi connectivity index (χ1v) is 18.0. The van der Waals surface area contributed by atoms with Crippen LogP contribution in [0.3, 0.4) is 0 Å². The van der Waals surface area contributed by atoms with Gasteiger partial charge in [0.15, 0.2) is 5.78 Å². The second-order valence-corrected chi connectivity index (χ2v) is 15.4. The van der Waals surface area contributed by atoms with E-state index in [1.807, 2.05) is 30.3 Å². The molecule has 0 saturated carbocycles. The molecule has 0 aromatic heterocycles. The van der Waals surface area contributed by atoms with Crippen molar-refractivity contribution in [3.8, 4) is 0 Å². The van der Waals surface area contributed by atoms with Gasteiger partial charge in [0.05, 0.1) is 39.1 Å². The molecule has 300 valence electrons. The number of Topliss-reactive ketones (excluding diaryl/α,β-unsaturated/α-hetero) is 1. The number of amides is 1. The summed E-state index contributed by atoms with van der Waals surface area (Å²) in [4.78, 5) is 71.7. The molecule has 1 unspecified atom stereocenters. The molecule has 2 rings (SSSR count). The Hall–Kier alpha value is -4.82. The molecule has 0 aliphatic rings. The third-order valence-electron chi connectivity index (χ3n) is 8.13. The molecule has 2 aromatic carbocycles. The minimum absolute atomic E-state index is 0.0547. The first-order chi connectivity index (χ1) is 25.2. The summed E-state index contributed by atoms with van der Waals surface area (Å²) in [6.45, 7) is 15.1. The number of para-hydroxylation sites is 1. The van der Waals surface area contributed by atoms with Gasteiger partial charge in [-0.15, -0.1) is 0 Å². The number of anilines is 1. The van der Waals surface area contributed by atoms with Crippen LogP contribution in [-0.4, -0.2) is 97.3 Å². The Kier molecular flexibility index (Phi) is 20.2. The number of nitrogens with one attached hydrogen (secondary N) is 4. The number of ether oxygens (including phenoxy) is 2. The minimum Gasteiger partial charge on any atom is -0.481 e. The van der Waals surface area contributed by atoms with Crippen LogP contribution in [0.15, 0.2) is 54.6 Å². The molecule has 0 aliphatic carbocycles. The van der Waals surface area contributed by atoms with Crippen molar-refractivity contribution in [3.05, 3.63) is 65.7 Å². The smallest absolute Gasteiger partial charge is 0.328 e. The Bertz CT molecular complexity index is 1520. The Balaban J connectivity index is 0.000000540. The summed E-state index contributed by atoms with van der Waals surface area (Å²) in [6, 6.07) is 12.7. The summed E-state index contributed by atoms with van der Waals surface area (Å²) >= 11 is 0. The van der Waals surface area contributed by atoms with Gasteiger partial charge in [-0.25, -0.2) is 9.59 Å². The quantitative estimate of drug-likeness (QED) is 0.0815. The number of rotatable bonds is 20. The van der Waals surface area contributed by atoms with E-state index in [-0.39, 0.29) is 35.9 Å². The molecule has 4 atom stereocenters. The number of benzene rings is 2. The molecule has 14 nitrogen and oxygen atoms in total. The monoisotopic (exact) mass is 756 g/mol. The van der Waals surface area contributed by atoms with Crippen molar-refractivity contribution in [2.45, 2.75) is 105 Å². The fraction of sp³-hybridized carbons (Fsp3) is 0.550. The van der Waals surface area contributed by atoms with Crippen molar-refractivity contribution in [3.63, 3.8) is 0 Å². The largest absolute Gasteiger partial charge is 0.481 e. The molecule has 0 aliphatic heterocycles. The summed E-state index contributed by atoms with van der Waals surface area (Å²) in [5.74, 6) is -4.02. The number of hydrogen-bond donors (Lipinski definition) is 6. The number of carboxylic acid groups (broad SMARTS) is 2. The van der Waals surface area contributed by atoms with E-state index in [1.165, 1.54) is 14.2 Å². The number of carboxylic acids is 2. The average Bonchev–Trinajstić information content (AvgIpc) is 3.09. The predicted molar refractivity (Wildman–Crippen MR) is 206 cm³/mol. The topological polar surface area (TPSA) is 209 Å². The van der Waals surface area contributed by atoms with Gasteiger partial charge in [0.1, 0.15) is 12.1 Å². The van der Waals surface area contributed by atoms with E-state index in [0.29, 0.717) is 24.3 Å². The standard InChI is InChI=1S/2C20H30N2O5/c1-13(19(26)27-5)22-15-9-7-6-8-14(15)18(25)16(12-17(23)24)21-11-10-20(2,3)4;1-20(2,3)10-11-21-15(13-17(23)24)18(25)22-16(19(26)27-4)12-14-8-6-5-7-9-14/h6-9,13,16,21-22H,10-12H2,1-5H3,(H,23,24);5-9,15-16,21H,10-13H2,1-4H3,(H,22,25)(H,23,24)/t13?,16-;15-,16-/m00/s1. The van der Waals surface area contributed by atoms with Gasteiger partial charge >= 0.3 is 23.9 Å². The molecule has 0 saturated heterocycles. The maximum Gasteiger partial charge on any atom is 0.328 e. The third kappa shape index (κ3) is 19.3. The van der Waals surface area contributed by atoms with Crippen LogP contribution >= 0.6 is 0 Å². The van der Waals surface area contributed by atoms with Crippen LogP contribution < -0.4 is 21.3 Å². The van der Waals surface area contributed by atoms with Gasteiger partial charge < -0.3 is 41.0 Å². The molecule has 0 radical (unpaired) electrons. The van der Waals surface area contributed by atoms with Gasteiger partial charge in [-0.1, -0.05) is 84.0 Å². The van der Waals surface area contributed by atoms with Crippen LogP contribution in [-0.2, 0) is 39.9 Å². The van der Waals surface area contributed by atoms with E-state index >= 15 is 0 Å². The normalized spacial score (nSPS) is 13.5. The number of methoxy groups -OCH3 is 2. The average molecular weight is 757 g/mol. The molecule has 14 heteroatoms. The molecule has 0 bridgehead atoms. The SMILES string of the molecule is COC(=O)C(C)Nc1ccccc1C(=O)[C@H](CC(=O)O)NCCC(C)(C)C.COC(=O)[C@H](Cc1ccccc1)NC(=O)[C@H](CC(=O)O)NCCC(C)(C)C. The van der Waals surface area contributed by atoms with Crippen LogP contribution in [0, 0.1) is 10.8 Å². The van der Waals surface area contributed by atoms with Gasteiger partial charge in [-0.05, 0) is 61.4 Å². The highest BCUT2D eigenvalue weighted by Gasteiger charge is 2.29. The Labute approximate surface area is 319 Å². The predicted octanol–water partition coefficient (Wildman–Crippen LogP) is 4.47. The summed E-state index contributed by atoms with van der Waals surface area (Å²) < 4.78 is 9.47. The van der Waals surface area contributed by atoms with Crippen molar-refractivity contribution in [1.29, 1.82) is 0 Å². The number of hydrogen-bond acceptors (Lipinski definition) is 11. The number of esters is 2. The van der Waals surface area contributed by atoms with Crippen molar-refractivity contribution >= 4 is 41.3 Å². The second kappa shape index (κ2) is 23.1. The summed E-state index contributed by atoms with van der Waals surface area (Å²) in [7, 11) is 2.54. The highest BCUT2D eigenvalue weighted by molar-refractivity contribution is 6.06. The number of aliphatic carboxylic acids is 2. The fourth-order valence-electron chi connectivity index (χ4n) is 5.05. The van der Waals surface area contributed by atoms with Crippen LogP contribution in [0.4, 0.5) is 5.69 Å². The fourth-order valence-corrected chi connectivity index (χ4v) is 5.05. The van der Waals surface area contributed by atoms with Crippen LogP contribution in [0.1, 0.15) is 90.1 Å². The lowest BCUT2D eigenvalue weighted by atomic mass is 9.92. The third-order valence-corrected chi connectivity index (χ3v) is 8.13. The van der Waals surface area contributed by atoms with Gasteiger partial charge in [-0.3, -0.25) is 19.2 Å². The first-order valence-electron chi connectivity index (χ1n) is 18.0. The van der Waals surface area contributed by atoms with Crippen LogP contribution in [0.25, 0.3) is 0 Å². The molecular weight excluding hydrogens is 696 g/mol. The van der Waals surface area contributed by atoms with Gasteiger partial charge in [0, 0.05) is 17.7 Å². The van der Waals surface area contributed by atoms with E-state index in [9.17, 15) is 33.9 Å². The summed E-state index contributed by atoms with van der Waals surface area (Å²) in [6.07, 6.45) is 1.16. The maximum atomic E-state index is 13.0. The first kappa shape index (κ1) is 47.2. The highest BCUT2D eigenvalue weighted by atomic mass is 16.5. The minimum atomic E-state index is -1.09.